The summed E-state index contributed by atoms with van der Waals surface area (Å²) >= 11 is 3.37. The van der Waals surface area contributed by atoms with E-state index in [9.17, 15) is 19.7 Å². The number of nitro groups is 1. The standard InChI is InChI=1S/C20H21BrN4O5/c1-12-4-7-18(16(21)8-12)30-11-20(27)24-23-14(3)9-19(26)22-17-10-15(25(28)29)6-5-13(17)2/h4-8,10H,9,11H2,1-3H3,(H,22,26)(H,24,27)/b23-14-. The van der Waals surface area contributed by atoms with E-state index in [0.29, 0.717) is 22.7 Å². The van der Waals surface area contributed by atoms with Gasteiger partial charge in [-0.2, -0.15) is 5.10 Å². The molecule has 2 rings (SSSR count). The van der Waals surface area contributed by atoms with E-state index in [2.05, 4.69) is 31.8 Å². The highest BCUT2D eigenvalue weighted by atomic mass is 79.9. The van der Waals surface area contributed by atoms with Gasteiger partial charge in [0.1, 0.15) is 5.75 Å². The molecule has 2 aromatic carbocycles. The van der Waals surface area contributed by atoms with Crippen molar-refractivity contribution in [2.24, 2.45) is 5.10 Å². The Hall–Kier alpha value is -3.27. The number of ether oxygens (including phenoxy) is 1. The first-order chi connectivity index (χ1) is 14.2. The number of rotatable bonds is 8. The van der Waals surface area contributed by atoms with E-state index in [-0.39, 0.29) is 18.7 Å². The Balaban J connectivity index is 1.85. The number of halogens is 1. The zero-order valence-electron chi connectivity index (χ0n) is 16.7. The normalized spacial score (nSPS) is 11.0. The molecule has 2 aromatic rings. The number of hydrazone groups is 1. The number of benzene rings is 2. The van der Waals surface area contributed by atoms with Crippen molar-refractivity contribution < 1.29 is 19.2 Å². The molecule has 2 amide bonds. The van der Waals surface area contributed by atoms with Crippen LogP contribution in [-0.4, -0.2) is 29.1 Å². The lowest BCUT2D eigenvalue weighted by Gasteiger charge is -2.09. The van der Waals surface area contributed by atoms with Crippen LogP contribution in [0, 0.1) is 24.0 Å². The predicted octanol–water partition coefficient (Wildman–Crippen LogP) is 3.87. The summed E-state index contributed by atoms with van der Waals surface area (Å²) < 4.78 is 6.17. The molecule has 0 saturated carbocycles. The van der Waals surface area contributed by atoms with Gasteiger partial charge in [0.2, 0.25) is 5.91 Å². The predicted molar refractivity (Wildman–Crippen MR) is 117 cm³/mol. The summed E-state index contributed by atoms with van der Waals surface area (Å²) in [7, 11) is 0. The maximum atomic E-state index is 12.2. The molecule has 0 spiro atoms. The van der Waals surface area contributed by atoms with E-state index in [1.165, 1.54) is 12.1 Å². The van der Waals surface area contributed by atoms with Crippen LogP contribution in [0.4, 0.5) is 11.4 Å². The van der Waals surface area contributed by atoms with Crippen LogP contribution in [0.5, 0.6) is 5.75 Å². The number of hydrogen-bond acceptors (Lipinski definition) is 6. The van der Waals surface area contributed by atoms with Gasteiger partial charge in [-0.15, -0.1) is 0 Å². The Bertz CT molecular complexity index is 1010. The molecule has 0 fully saturated rings. The Labute approximate surface area is 181 Å². The Morgan fingerprint density at radius 3 is 2.57 bits per heavy atom. The SMILES string of the molecule is C/C(CC(=O)Nc1cc([N+](=O)[O-])ccc1C)=N/NC(=O)COc1ccc(C)cc1Br. The number of nitrogens with zero attached hydrogens (tertiary/aromatic N) is 2. The van der Waals surface area contributed by atoms with Gasteiger partial charge in [-0.3, -0.25) is 19.7 Å². The van der Waals surface area contributed by atoms with E-state index >= 15 is 0 Å². The highest BCUT2D eigenvalue weighted by Gasteiger charge is 2.12. The third-order valence-electron chi connectivity index (χ3n) is 3.94. The zero-order valence-corrected chi connectivity index (χ0v) is 18.3. The second kappa shape index (κ2) is 10.5. The maximum absolute atomic E-state index is 12.2. The van der Waals surface area contributed by atoms with E-state index in [1.54, 1.807) is 26.0 Å². The van der Waals surface area contributed by atoms with Gasteiger partial charge < -0.3 is 10.1 Å². The van der Waals surface area contributed by atoms with E-state index < -0.39 is 16.7 Å². The molecule has 0 bridgehead atoms. The summed E-state index contributed by atoms with van der Waals surface area (Å²) in [5.41, 5.74) is 4.67. The summed E-state index contributed by atoms with van der Waals surface area (Å²) in [5.74, 6) is -0.353. The van der Waals surface area contributed by atoms with Gasteiger partial charge in [0.05, 0.1) is 21.5 Å². The number of aryl methyl sites for hydroxylation is 2. The molecule has 158 valence electrons. The first-order valence-corrected chi connectivity index (χ1v) is 9.71. The number of nitro benzene ring substituents is 1. The van der Waals surface area contributed by atoms with Gasteiger partial charge in [0.15, 0.2) is 6.61 Å². The van der Waals surface area contributed by atoms with Crippen LogP contribution in [-0.2, 0) is 9.59 Å². The lowest BCUT2D eigenvalue weighted by molar-refractivity contribution is -0.384. The number of amides is 2. The molecule has 0 unspecified atom stereocenters. The Morgan fingerprint density at radius 2 is 1.90 bits per heavy atom. The number of hydrogen-bond donors (Lipinski definition) is 2. The lowest BCUT2D eigenvalue weighted by atomic mass is 10.1. The van der Waals surface area contributed by atoms with Crippen molar-refractivity contribution >= 4 is 44.8 Å². The Morgan fingerprint density at radius 1 is 1.17 bits per heavy atom. The second-order valence-electron chi connectivity index (χ2n) is 6.59. The second-order valence-corrected chi connectivity index (χ2v) is 7.44. The summed E-state index contributed by atoms with van der Waals surface area (Å²) in [5, 5.41) is 17.4. The third kappa shape index (κ3) is 6.96. The average Bonchev–Trinajstić information content (AvgIpc) is 2.67. The Kier molecular flexibility index (Phi) is 8.05. The average molecular weight is 477 g/mol. The molecule has 2 N–H and O–H groups in total. The van der Waals surface area contributed by atoms with Crippen molar-refractivity contribution in [2.45, 2.75) is 27.2 Å². The van der Waals surface area contributed by atoms with Crippen LogP contribution in [0.2, 0.25) is 0 Å². The van der Waals surface area contributed by atoms with Crippen LogP contribution in [0.1, 0.15) is 24.5 Å². The largest absolute Gasteiger partial charge is 0.483 e. The van der Waals surface area contributed by atoms with Crippen LogP contribution in [0.15, 0.2) is 46.0 Å². The summed E-state index contributed by atoms with van der Waals surface area (Å²) in [6.45, 7) is 5.01. The number of carbonyl (C=O) groups excluding carboxylic acids is 2. The van der Waals surface area contributed by atoms with Crippen molar-refractivity contribution in [1.82, 2.24) is 5.43 Å². The maximum Gasteiger partial charge on any atom is 0.277 e. The molecule has 0 aliphatic rings. The molecule has 9 nitrogen and oxygen atoms in total. The van der Waals surface area contributed by atoms with E-state index in [0.717, 1.165) is 10.0 Å². The van der Waals surface area contributed by atoms with Crippen LogP contribution < -0.4 is 15.5 Å². The van der Waals surface area contributed by atoms with Crippen LogP contribution in [0.3, 0.4) is 0 Å². The fraction of sp³-hybridized carbons (Fsp3) is 0.250. The summed E-state index contributed by atoms with van der Waals surface area (Å²) in [6.07, 6.45) is -0.0905. The fourth-order valence-corrected chi connectivity index (χ4v) is 2.99. The molecule has 0 heterocycles. The van der Waals surface area contributed by atoms with E-state index in [1.807, 2.05) is 19.1 Å². The topological polar surface area (TPSA) is 123 Å². The van der Waals surface area contributed by atoms with Crippen molar-refractivity contribution in [1.29, 1.82) is 0 Å². The smallest absolute Gasteiger partial charge is 0.277 e. The molecule has 0 aliphatic heterocycles. The molecular weight excluding hydrogens is 456 g/mol. The van der Waals surface area contributed by atoms with Crippen LogP contribution in [0.25, 0.3) is 0 Å². The quantitative estimate of drug-likeness (QED) is 0.340. The van der Waals surface area contributed by atoms with Crippen molar-refractivity contribution in [2.75, 3.05) is 11.9 Å². The lowest BCUT2D eigenvalue weighted by Crippen LogP contribution is -2.26. The molecule has 0 aromatic heterocycles. The highest BCUT2D eigenvalue weighted by molar-refractivity contribution is 9.10. The summed E-state index contributed by atoms with van der Waals surface area (Å²) in [6, 6.07) is 9.70. The van der Waals surface area contributed by atoms with Gasteiger partial charge in [0, 0.05) is 17.8 Å². The molecule has 0 atom stereocenters. The minimum Gasteiger partial charge on any atom is -0.483 e. The zero-order chi connectivity index (χ0) is 22.3. The number of nitrogens with one attached hydrogen (secondary N) is 2. The van der Waals surface area contributed by atoms with Gasteiger partial charge in [-0.05, 0) is 60.0 Å². The monoisotopic (exact) mass is 476 g/mol. The first kappa shape index (κ1) is 23.0. The highest BCUT2D eigenvalue weighted by Crippen LogP contribution is 2.25. The van der Waals surface area contributed by atoms with Gasteiger partial charge in [0.25, 0.3) is 11.6 Å². The van der Waals surface area contributed by atoms with Crippen LogP contribution >= 0.6 is 15.9 Å². The minimum absolute atomic E-state index is 0.0905. The minimum atomic E-state index is -0.533. The van der Waals surface area contributed by atoms with Crippen molar-refractivity contribution in [3.8, 4) is 5.75 Å². The van der Waals surface area contributed by atoms with Gasteiger partial charge in [-0.25, -0.2) is 5.43 Å². The first-order valence-electron chi connectivity index (χ1n) is 8.91. The fourth-order valence-electron chi connectivity index (χ4n) is 2.38. The van der Waals surface area contributed by atoms with Crippen molar-refractivity contribution in [3.63, 3.8) is 0 Å². The number of non-ortho nitro benzene ring substituents is 1. The van der Waals surface area contributed by atoms with Crippen molar-refractivity contribution in [3.05, 3.63) is 62.1 Å². The van der Waals surface area contributed by atoms with E-state index in [4.69, 9.17) is 4.74 Å². The third-order valence-corrected chi connectivity index (χ3v) is 4.56. The molecule has 30 heavy (non-hydrogen) atoms. The summed E-state index contributed by atoms with van der Waals surface area (Å²) in [4.78, 5) is 34.4. The molecule has 0 saturated heterocycles. The molecular formula is C20H21BrN4O5. The molecule has 0 radical (unpaired) electrons. The number of anilines is 1. The van der Waals surface area contributed by atoms with Gasteiger partial charge in [-0.1, -0.05) is 12.1 Å². The molecule has 10 heteroatoms. The number of carbonyl (C=O) groups is 2. The van der Waals surface area contributed by atoms with Gasteiger partial charge >= 0.3 is 0 Å². The molecule has 0 aliphatic carbocycles.